The van der Waals surface area contributed by atoms with Crippen molar-refractivity contribution in [2.24, 2.45) is 34.4 Å². The quantitative estimate of drug-likeness (QED) is 0.00731. The summed E-state index contributed by atoms with van der Waals surface area (Å²) in [5.41, 5.74) is 48.7. The third kappa shape index (κ3) is 62.6. The number of aromatic nitrogens is 2. The van der Waals surface area contributed by atoms with Crippen molar-refractivity contribution in [3.05, 3.63) is 145 Å². The second kappa shape index (κ2) is 72.0. The van der Waals surface area contributed by atoms with Crippen LogP contribution in [0.15, 0.2) is 139 Å². The molecule has 4 heterocycles. The molecule has 0 bridgehead atoms. The van der Waals surface area contributed by atoms with Gasteiger partial charge in [0.15, 0.2) is 16.6 Å². The lowest BCUT2D eigenvalue weighted by atomic mass is 10.1. The van der Waals surface area contributed by atoms with E-state index in [4.69, 9.17) is 43.3 Å². The molecule has 1 saturated heterocycles. The first-order valence-corrected chi connectivity index (χ1v) is 61.9. The summed E-state index contributed by atoms with van der Waals surface area (Å²) in [5, 5.41) is 30.9. The van der Waals surface area contributed by atoms with E-state index in [1.54, 1.807) is 116 Å². The molecule has 9 rings (SSSR count). The van der Waals surface area contributed by atoms with Crippen LogP contribution in [-0.2, 0) is 69.0 Å². The van der Waals surface area contributed by atoms with Crippen molar-refractivity contribution >= 4 is 152 Å². The zero-order valence-electron chi connectivity index (χ0n) is 90.7. The van der Waals surface area contributed by atoms with Gasteiger partial charge in [-0.3, -0.25) is 30.9 Å². The third-order valence-electron chi connectivity index (χ3n) is 22.7. The van der Waals surface area contributed by atoms with E-state index in [0.29, 0.717) is 0 Å². The maximum absolute atomic E-state index is 11.4. The van der Waals surface area contributed by atoms with Crippen molar-refractivity contribution in [3.8, 4) is 0 Å². The Morgan fingerprint density at radius 1 is 0.465 bits per heavy atom. The number of amides is 1. The van der Waals surface area contributed by atoms with Crippen molar-refractivity contribution in [3.63, 3.8) is 0 Å². The Morgan fingerprint density at radius 3 is 1.09 bits per heavy atom. The molecule has 1 fully saturated rings. The second-order valence-corrected chi connectivity index (χ2v) is 61.3. The number of carbonyl (C=O) groups excluding carboxylic acids is 1. The van der Waals surface area contributed by atoms with Gasteiger partial charge in [0.05, 0.1) is 37.3 Å². The normalized spacial score (nSPS) is 14.7. The fourth-order valence-corrected chi connectivity index (χ4v) is 14.0. The summed E-state index contributed by atoms with van der Waals surface area (Å²) < 4.78 is 110. The molecule has 0 aliphatic carbocycles. The van der Waals surface area contributed by atoms with Gasteiger partial charge >= 0.3 is 0 Å². The third-order valence-corrected chi connectivity index (χ3v) is 37.4. The molecule has 0 saturated carbocycles. The zero-order chi connectivity index (χ0) is 108. The number of aromatic amines is 1. The SMILES string of the molecule is CC(C)(C)S(=O)[O-].CC(C)(C)S(=O)[O-].CC(C)(C)S(=O)[O-].CC(C)(C)S(=O)[O-].CC(C)(C)S(=O)[O-].CC(C)(C)[Si](C)(C)OCCN(CCO[Si](C)(C)C(C)(C)C)c1ccc(NCCCCCN)cc1.NCCCCCNc1ccc(C2=CSNN2)cc1.NCCCCCNc1ccc(N2C=CNC2)cc1.NCCCCCNc1ccc(N2CCCC2C(N)=O)cc1.NCCCCCNc1ccc2[nH]ncc2c1. The van der Waals surface area contributed by atoms with Crippen molar-refractivity contribution in [2.75, 3.05) is 146 Å². The second-order valence-electron chi connectivity index (χ2n) is 42.5. The summed E-state index contributed by atoms with van der Waals surface area (Å²) in [6.07, 6.45) is 25.0. The number of rotatable bonds is 43. The molecule has 5 aromatic carbocycles. The average molecular weight is 2140 g/mol. The van der Waals surface area contributed by atoms with Crippen LogP contribution in [-0.4, -0.2) is 211 Å². The molecule has 1 amide bonds. The average Bonchev–Trinajstić information content (AvgIpc) is 1.56. The number of nitrogens with zero attached hydrogens (tertiary/aromatic N) is 4. The maximum atomic E-state index is 11.4. The van der Waals surface area contributed by atoms with Gasteiger partial charge in [0.25, 0.3) is 0 Å². The number of hydrogen-bond acceptors (Lipinski definition) is 31. The van der Waals surface area contributed by atoms with E-state index in [9.17, 15) is 48.6 Å². The number of H-pyrrole nitrogens is 1. The van der Waals surface area contributed by atoms with Gasteiger partial charge in [-0.1, -0.05) is 85.8 Å². The smallest absolute Gasteiger partial charge is 0.240 e. The molecule has 6 atom stereocenters. The topological polar surface area (TPSA) is 527 Å². The number of carbonyl (C=O) groups is 1. The zero-order valence-corrected chi connectivity index (χ0v) is 97.6. The van der Waals surface area contributed by atoms with E-state index in [1.165, 1.54) is 78.9 Å². The standard InChI is InChI=1S/C27H55N3O2Si2.C16H26N4O.C14H22N4.C13H20N4S.C12H18N4.5C4H10O2S/c1-26(2,3)33(7,8)31-22-20-30(21-23-32-34(9,10)27(4,5)6)25-16-14-24(15-17-25)29-19-13-11-12-18-28;17-10-2-1-3-11-19-13-6-8-14(9-7-13)20-12-4-5-15(20)16(18)21;15-8-2-1-3-9-17-13-4-6-14(7-5-13)18-11-10-16-12-18;14-8-2-1-3-9-15-12-6-4-11(5-7-12)13-10-18-17-16-13;13-6-2-1-3-7-14-11-4-5-12-10(8-11)9-15-16-12;5*1-4(2,3)7(5)6/h14-17,29H,11-13,18-23,28H2,1-10H3;6-9,15,19H,1-5,10-12,17H2,(H2,18,21);4-7,10-11,16-17H,1-3,8-9,12,15H2;4-7,10,15-17H,1-3,8-9,14H2;4-5,8-9,14H,1-3,6-7,13H2,(H,15,16);5*1-3H3,(H,5,6)/p-5. The number of nitrogens with two attached hydrogens (primary N) is 6. The highest BCUT2D eigenvalue weighted by Crippen LogP contribution is 2.38. The van der Waals surface area contributed by atoms with Gasteiger partial charge in [0, 0.05) is 145 Å². The lowest BCUT2D eigenvalue weighted by molar-refractivity contribution is -0.119. The molecule has 0 radical (unpaired) electrons. The molecule has 6 unspecified atom stereocenters. The predicted molar refractivity (Wildman–Crippen MR) is 612 cm³/mol. The Labute approximate surface area is 875 Å². The first-order chi connectivity index (χ1) is 66.2. The number of benzene rings is 5. The van der Waals surface area contributed by atoms with Crippen molar-refractivity contribution in [1.29, 1.82) is 0 Å². The Hall–Kier alpha value is -6.47. The summed E-state index contributed by atoms with van der Waals surface area (Å²) in [7, 11) is -3.52. The monoisotopic (exact) mass is 2130 g/mol. The van der Waals surface area contributed by atoms with Crippen molar-refractivity contribution in [1.82, 2.24) is 25.8 Å². The molecular formula is C102H186N19O13S6Si2-5. The molecule has 40 heteroatoms. The van der Waals surface area contributed by atoms with Crippen LogP contribution in [0.5, 0.6) is 0 Å². The number of primary amides is 1. The van der Waals surface area contributed by atoms with Gasteiger partial charge in [-0.25, -0.2) is 0 Å². The van der Waals surface area contributed by atoms with Gasteiger partial charge in [0.2, 0.25) is 5.91 Å². The molecular weight excluding hydrogens is 1950 g/mol. The largest absolute Gasteiger partial charge is 0.772 e. The van der Waals surface area contributed by atoms with Crippen LogP contribution in [0.1, 0.15) is 260 Å². The van der Waals surface area contributed by atoms with E-state index in [-0.39, 0.29) is 22.0 Å². The fourth-order valence-electron chi connectivity index (χ4n) is 11.4. The van der Waals surface area contributed by atoms with Crippen LogP contribution in [0.2, 0.25) is 36.3 Å². The molecule has 816 valence electrons. The molecule has 142 heavy (non-hydrogen) atoms. The lowest BCUT2D eigenvalue weighted by Gasteiger charge is -2.38. The van der Waals surface area contributed by atoms with Gasteiger partial charge in [-0.2, -0.15) is 9.93 Å². The molecule has 21 N–H and O–H groups in total. The summed E-state index contributed by atoms with van der Waals surface area (Å²) in [6.45, 7) is 61.7. The van der Waals surface area contributed by atoms with Gasteiger partial charge in [0.1, 0.15) is 6.04 Å². The summed E-state index contributed by atoms with van der Waals surface area (Å²) in [4.78, 5) is 21.1. The molecule has 1 aromatic heterocycles. The van der Waals surface area contributed by atoms with Crippen LogP contribution >= 0.6 is 11.9 Å². The van der Waals surface area contributed by atoms with E-state index in [0.717, 1.165) is 203 Å². The van der Waals surface area contributed by atoms with Crippen LogP contribution in [0.3, 0.4) is 0 Å². The first kappa shape index (κ1) is 136. The van der Waals surface area contributed by atoms with E-state index < -0.39 is 95.8 Å². The number of hydrogen-bond donors (Lipinski definition) is 15. The highest BCUT2D eigenvalue weighted by atomic mass is 32.2. The lowest BCUT2D eigenvalue weighted by Crippen LogP contribution is -2.44. The Bertz CT molecular complexity index is 4340. The van der Waals surface area contributed by atoms with Gasteiger partial charge in [-0.15, -0.1) is 0 Å². The molecule has 32 nitrogen and oxygen atoms in total. The number of fused-ring (bicyclic) bond motifs is 1. The maximum Gasteiger partial charge on any atom is 0.240 e. The number of anilines is 8. The number of nitrogens with one attached hydrogen (secondary N) is 9. The number of unbranched alkanes of at least 4 members (excludes halogenated alkanes) is 10. The Morgan fingerprint density at radius 2 is 0.789 bits per heavy atom. The minimum absolute atomic E-state index is 0.153. The highest BCUT2D eigenvalue weighted by Gasteiger charge is 2.39. The van der Waals surface area contributed by atoms with Crippen LogP contribution in [0.25, 0.3) is 16.6 Å². The fraction of sp³-hybridized carbons (Fsp3) is 0.647. The van der Waals surface area contributed by atoms with E-state index in [1.807, 2.05) is 18.5 Å². The summed E-state index contributed by atoms with van der Waals surface area (Å²) in [6, 6.07) is 40.2. The molecule has 0 spiro atoms. The number of hydrazine groups is 1. The summed E-state index contributed by atoms with van der Waals surface area (Å²) >= 11 is -8.11. The Balaban J connectivity index is 0.00000164. The first-order valence-electron chi connectivity index (χ1n) is 49.9. The predicted octanol–water partition coefficient (Wildman–Crippen LogP) is 18.5. The highest BCUT2D eigenvalue weighted by molar-refractivity contribution is 8.00. The van der Waals surface area contributed by atoms with Gasteiger partial charge < -0.3 is 118 Å². The molecule has 6 aromatic rings. The van der Waals surface area contributed by atoms with Crippen molar-refractivity contribution in [2.45, 2.75) is 321 Å². The van der Waals surface area contributed by atoms with E-state index in [2.05, 4.69) is 256 Å². The molecule has 3 aliphatic rings. The van der Waals surface area contributed by atoms with E-state index >= 15 is 0 Å². The van der Waals surface area contributed by atoms with Crippen LogP contribution in [0.4, 0.5) is 45.5 Å². The molecule has 3 aliphatic heterocycles. The minimum atomic E-state index is -1.93. The van der Waals surface area contributed by atoms with Crippen molar-refractivity contribution < 1.29 is 57.5 Å². The van der Waals surface area contributed by atoms with Crippen LogP contribution in [0, 0.1) is 0 Å². The Kier molecular flexibility index (Phi) is 68.7. The minimum Gasteiger partial charge on any atom is -0.772 e. The summed E-state index contributed by atoms with van der Waals surface area (Å²) in [5.74, 6) is -0.227. The van der Waals surface area contributed by atoms with Gasteiger partial charge in [-0.05, 0) is 426 Å². The van der Waals surface area contributed by atoms with Crippen LogP contribution < -0.4 is 91.3 Å².